The molecule has 0 spiro atoms. The quantitative estimate of drug-likeness (QED) is 0.630. The first-order valence-corrected chi connectivity index (χ1v) is 3.48. The average molecular weight is 160 g/mol. The summed E-state index contributed by atoms with van der Waals surface area (Å²) in [7, 11) is 0. The highest BCUT2D eigenvalue weighted by Gasteiger charge is 1.99. The Bertz CT molecular complexity index is 465. The van der Waals surface area contributed by atoms with Crippen molar-refractivity contribution in [2.24, 2.45) is 0 Å². The molecule has 2 nitrogen and oxygen atoms in total. The molecule has 3 heteroatoms. The predicted octanol–water partition coefficient (Wildman–Crippen LogP) is 2.18. The number of aromatic nitrogens is 1. The molecule has 1 aromatic heterocycles. The van der Waals surface area contributed by atoms with Gasteiger partial charge in [-0.25, -0.2) is 4.39 Å². The van der Waals surface area contributed by atoms with Gasteiger partial charge in [0, 0.05) is 10.9 Å². The van der Waals surface area contributed by atoms with Crippen LogP contribution in [-0.2, 0) is 0 Å². The van der Waals surface area contributed by atoms with Crippen LogP contribution in [0, 0.1) is 17.1 Å². The molecule has 2 rings (SSSR count). The van der Waals surface area contributed by atoms with E-state index in [1.165, 1.54) is 12.1 Å². The summed E-state index contributed by atoms with van der Waals surface area (Å²) in [4.78, 5) is 2.78. The zero-order chi connectivity index (χ0) is 8.55. The number of nitrogens with zero attached hydrogens (tertiary/aromatic N) is 1. The van der Waals surface area contributed by atoms with Gasteiger partial charge in [0.2, 0.25) is 0 Å². The van der Waals surface area contributed by atoms with E-state index in [0.29, 0.717) is 11.2 Å². The normalized spacial score (nSPS) is 10.0. The molecule has 12 heavy (non-hydrogen) atoms. The standard InChI is InChI=1S/C9H5FN2/c10-7-2-1-6-3-8(5-11)12-9(6)4-7/h1-4,12H. The highest BCUT2D eigenvalue weighted by molar-refractivity contribution is 5.81. The minimum absolute atomic E-state index is 0.297. The smallest absolute Gasteiger partial charge is 0.125 e. The topological polar surface area (TPSA) is 39.6 Å². The lowest BCUT2D eigenvalue weighted by Gasteiger charge is -1.87. The van der Waals surface area contributed by atoms with E-state index in [-0.39, 0.29) is 5.82 Å². The zero-order valence-corrected chi connectivity index (χ0v) is 6.13. The van der Waals surface area contributed by atoms with E-state index in [1.54, 1.807) is 12.1 Å². The molecule has 1 N–H and O–H groups in total. The van der Waals surface area contributed by atoms with Gasteiger partial charge < -0.3 is 4.98 Å². The Hall–Kier alpha value is -1.82. The van der Waals surface area contributed by atoms with Crippen molar-refractivity contribution in [2.75, 3.05) is 0 Å². The number of aromatic amines is 1. The van der Waals surface area contributed by atoms with Crippen molar-refractivity contribution in [3.63, 3.8) is 0 Å². The summed E-state index contributed by atoms with van der Waals surface area (Å²) in [5.74, 6) is -0.297. The van der Waals surface area contributed by atoms with E-state index in [2.05, 4.69) is 4.98 Å². The molecule has 0 saturated heterocycles. The van der Waals surface area contributed by atoms with Crippen LogP contribution in [0.15, 0.2) is 24.3 Å². The number of hydrogen-bond donors (Lipinski definition) is 1. The summed E-state index contributed by atoms with van der Waals surface area (Å²) < 4.78 is 12.6. The number of H-pyrrole nitrogens is 1. The van der Waals surface area contributed by atoms with Crippen LogP contribution >= 0.6 is 0 Å². The van der Waals surface area contributed by atoms with Crippen molar-refractivity contribution in [3.05, 3.63) is 35.8 Å². The SMILES string of the molecule is N#Cc1cc2ccc(F)cc2[nH]1. The molecule has 1 aromatic carbocycles. The lowest BCUT2D eigenvalue weighted by molar-refractivity contribution is 0.629. The zero-order valence-electron chi connectivity index (χ0n) is 6.13. The minimum Gasteiger partial charge on any atom is -0.346 e. The maximum absolute atomic E-state index is 12.6. The number of rotatable bonds is 0. The summed E-state index contributed by atoms with van der Waals surface area (Å²) in [6.07, 6.45) is 0. The fraction of sp³-hybridized carbons (Fsp3) is 0. The van der Waals surface area contributed by atoms with Crippen LogP contribution < -0.4 is 0 Å². The maximum atomic E-state index is 12.6. The Morgan fingerprint density at radius 2 is 2.17 bits per heavy atom. The van der Waals surface area contributed by atoms with Gasteiger partial charge in [0.1, 0.15) is 17.6 Å². The van der Waals surface area contributed by atoms with E-state index in [1.807, 2.05) is 6.07 Å². The van der Waals surface area contributed by atoms with Gasteiger partial charge in [0.25, 0.3) is 0 Å². The first kappa shape index (κ1) is 6.86. The number of nitriles is 1. The number of hydrogen-bond acceptors (Lipinski definition) is 1. The molecule has 0 unspecified atom stereocenters. The molecule has 0 aliphatic carbocycles. The molecule has 0 atom stereocenters. The van der Waals surface area contributed by atoms with Crippen LogP contribution in [-0.4, -0.2) is 4.98 Å². The molecule has 2 aromatic rings. The van der Waals surface area contributed by atoms with E-state index < -0.39 is 0 Å². The number of nitrogens with one attached hydrogen (secondary N) is 1. The molecule has 1 heterocycles. The summed E-state index contributed by atoms with van der Waals surface area (Å²) >= 11 is 0. The molecule has 0 aliphatic rings. The summed E-state index contributed by atoms with van der Waals surface area (Å²) in [6, 6.07) is 8.03. The van der Waals surface area contributed by atoms with Crippen molar-refractivity contribution in [2.45, 2.75) is 0 Å². The third kappa shape index (κ3) is 0.940. The van der Waals surface area contributed by atoms with Gasteiger partial charge >= 0.3 is 0 Å². The van der Waals surface area contributed by atoms with Crippen LogP contribution in [0.4, 0.5) is 4.39 Å². The molecule has 0 bridgehead atoms. The molecule has 0 fully saturated rings. The Morgan fingerprint density at radius 3 is 2.92 bits per heavy atom. The second-order valence-corrected chi connectivity index (χ2v) is 2.53. The maximum Gasteiger partial charge on any atom is 0.125 e. The van der Waals surface area contributed by atoms with Crippen molar-refractivity contribution in [1.82, 2.24) is 4.98 Å². The van der Waals surface area contributed by atoms with Crippen molar-refractivity contribution in [1.29, 1.82) is 5.26 Å². The third-order valence-corrected chi connectivity index (χ3v) is 1.70. The molecule has 0 aliphatic heterocycles. The Kier molecular flexibility index (Phi) is 1.34. The molecular weight excluding hydrogens is 155 g/mol. The minimum atomic E-state index is -0.297. The molecule has 0 amide bonds. The highest BCUT2D eigenvalue weighted by Crippen LogP contribution is 2.15. The van der Waals surface area contributed by atoms with Crippen LogP contribution in [0.3, 0.4) is 0 Å². The fourth-order valence-corrected chi connectivity index (χ4v) is 1.16. The van der Waals surface area contributed by atoms with E-state index in [4.69, 9.17) is 5.26 Å². The van der Waals surface area contributed by atoms with Crippen LogP contribution in [0.25, 0.3) is 10.9 Å². The first-order chi connectivity index (χ1) is 5.79. The van der Waals surface area contributed by atoms with Gasteiger partial charge in [-0.05, 0) is 24.3 Å². The van der Waals surface area contributed by atoms with E-state index >= 15 is 0 Å². The fourth-order valence-electron chi connectivity index (χ4n) is 1.16. The number of benzene rings is 1. The van der Waals surface area contributed by atoms with Crippen LogP contribution in [0.1, 0.15) is 5.69 Å². The Labute approximate surface area is 68.2 Å². The van der Waals surface area contributed by atoms with Gasteiger partial charge in [0.15, 0.2) is 0 Å². The summed E-state index contributed by atoms with van der Waals surface area (Å²) in [6.45, 7) is 0. The van der Waals surface area contributed by atoms with Crippen LogP contribution in [0.5, 0.6) is 0 Å². The monoisotopic (exact) mass is 160 g/mol. The summed E-state index contributed by atoms with van der Waals surface area (Å²) in [5.41, 5.74) is 1.11. The van der Waals surface area contributed by atoms with Crippen molar-refractivity contribution >= 4 is 10.9 Å². The molecule has 0 saturated carbocycles. The molecule has 0 radical (unpaired) electrons. The predicted molar refractivity (Wildman–Crippen MR) is 43.0 cm³/mol. The Balaban J connectivity index is 2.77. The summed E-state index contributed by atoms with van der Waals surface area (Å²) in [5, 5.41) is 9.39. The first-order valence-electron chi connectivity index (χ1n) is 3.48. The van der Waals surface area contributed by atoms with Gasteiger partial charge in [-0.1, -0.05) is 0 Å². The van der Waals surface area contributed by atoms with Gasteiger partial charge in [-0.2, -0.15) is 5.26 Å². The second kappa shape index (κ2) is 2.35. The lowest BCUT2D eigenvalue weighted by atomic mass is 10.2. The molecular formula is C9H5FN2. The second-order valence-electron chi connectivity index (χ2n) is 2.53. The van der Waals surface area contributed by atoms with Gasteiger partial charge in [-0.3, -0.25) is 0 Å². The lowest BCUT2D eigenvalue weighted by Crippen LogP contribution is -1.72. The highest BCUT2D eigenvalue weighted by atomic mass is 19.1. The van der Waals surface area contributed by atoms with Crippen molar-refractivity contribution < 1.29 is 4.39 Å². The number of halogens is 1. The van der Waals surface area contributed by atoms with Crippen LogP contribution in [0.2, 0.25) is 0 Å². The third-order valence-electron chi connectivity index (χ3n) is 1.70. The average Bonchev–Trinajstić information content (AvgIpc) is 2.46. The largest absolute Gasteiger partial charge is 0.346 e. The van der Waals surface area contributed by atoms with Crippen molar-refractivity contribution in [3.8, 4) is 6.07 Å². The Morgan fingerprint density at radius 1 is 1.33 bits per heavy atom. The van der Waals surface area contributed by atoms with E-state index in [0.717, 1.165) is 5.39 Å². The number of fused-ring (bicyclic) bond motifs is 1. The van der Waals surface area contributed by atoms with Gasteiger partial charge in [0.05, 0.1) is 0 Å². The van der Waals surface area contributed by atoms with E-state index in [9.17, 15) is 4.39 Å². The molecule has 58 valence electrons. The van der Waals surface area contributed by atoms with Gasteiger partial charge in [-0.15, -0.1) is 0 Å².